The lowest BCUT2D eigenvalue weighted by atomic mass is 10.0. The molecule has 1 N–H and O–H groups in total. The van der Waals surface area contributed by atoms with Crippen molar-refractivity contribution in [2.45, 2.75) is 18.4 Å². The quantitative estimate of drug-likeness (QED) is 0.241. The van der Waals surface area contributed by atoms with E-state index in [-0.39, 0.29) is 12.6 Å². The molecule has 11 heteroatoms. The van der Waals surface area contributed by atoms with Crippen LogP contribution in [0.5, 0.6) is 5.75 Å². The molecule has 2 saturated heterocycles. The molecule has 0 spiro atoms. The summed E-state index contributed by atoms with van der Waals surface area (Å²) in [7, 11) is 0. The molecule has 2 fully saturated rings. The molecule has 2 atom stereocenters. The second kappa shape index (κ2) is 12.3. The van der Waals surface area contributed by atoms with E-state index < -0.39 is 5.79 Å². The number of piperazine rings is 1. The number of anilines is 3. The molecule has 2 aromatic heterocycles. The summed E-state index contributed by atoms with van der Waals surface area (Å²) in [4.78, 5) is 21.7. The van der Waals surface area contributed by atoms with Crippen LogP contribution in [-0.4, -0.2) is 71.9 Å². The lowest BCUT2D eigenvalue weighted by Gasteiger charge is -2.37. The lowest BCUT2D eigenvalue weighted by Crippen LogP contribution is -2.46. The van der Waals surface area contributed by atoms with Crippen LogP contribution >= 0.6 is 0 Å². The number of fused-ring (bicyclic) bond motifs is 1. The van der Waals surface area contributed by atoms with E-state index in [1.165, 1.54) is 0 Å². The monoisotopic (exact) mass is 591 g/mol. The van der Waals surface area contributed by atoms with E-state index in [0.717, 1.165) is 59.8 Å². The SMILES string of the molecule is O=CNc1ccc(N2CCN(c3ccc(OCC4COC(Cn5nccn5)(c5nccc6ccccc56)O4)cc3)CC2)cc1. The number of carbonyl (C=O) groups excluding carboxylic acids is 1. The Morgan fingerprint density at radius 1 is 0.864 bits per heavy atom. The molecule has 2 unspecified atom stereocenters. The van der Waals surface area contributed by atoms with Crippen molar-refractivity contribution in [1.29, 1.82) is 0 Å². The number of benzene rings is 3. The number of hydrogen-bond acceptors (Lipinski definition) is 9. The molecule has 1 amide bonds. The third-order valence-electron chi connectivity index (χ3n) is 8.09. The van der Waals surface area contributed by atoms with Crippen LogP contribution in [0.2, 0.25) is 0 Å². The average molecular weight is 592 g/mol. The van der Waals surface area contributed by atoms with Gasteiger partial charge in [0.1, 0.15) is 30.7 Å². The highest BCUT2D eigenvalue weighted by Crippen LogP contribution is 2.38. The predicted octanol–water partition coefficient (Wildman–Crippen LogP) is 4.07. The molecule has 7 rings (SSSR count). The minimum Gasteiger partial charge on any atom is -0.491 e. The van der Waals surface area contributed by atoms with Crippen molar-refractivity contribution in [3.63, 3.8) is 0 Å². The maximum absolute atomic E-state index is 10.7. The van der Waals surface area contributed by atoms with E-state index in [4.69, 9.17) is 19.2 Å². The zero-order valence-electron chi connectivity index (χ0n) is 24.2. The second-order valence-corrected chi connectivity index (χ2v) is 10.8. The molecule has 11 nitrogen and oxygen atoms in total. The molecule has 0 bridgehead atoms. The fraction of sp³-hybridized carbons (Fsp3) is 0.273. The van der Waals surface area contributed by atoms with E-state index in [9.17, 15) is 4.79 Å². The lowest BCUT2D eigenvalue weighted by molar-refractivity contribution is -0.194. The van der Waals surface area contributed by atoms with E-state index in [2.05, 4.69) is 37.4 Å². The minimum absolute atomic E-state index is 0.266. The van der Waals surface area contributed by atoms with Crippen LogP contribution in [-0.2, 0) is 26.6 Å². The molecule has 4 heterocycles. The molecule has 3 aromatic carbocycles. The largest absolute Gasteiger partial charge is 0.491 e. The highest BCUT2D eigenvalue weighted by Gasteiger charge is 2.47. The van der Waals surface area contributed by atoms with Gasteiger partial charge in [-0.2, -0.15) is 15.0 Å². The predicted molar refractivity (Wildman–Crippen MR) is 167 cm³/mol. The molecular formula is C33H33N7O4. The molecule has 2 aliphatic rings. The number of amides is 1. The molecule has 0 radical (unpaired) electrons. The van der Waals surface area contributed by atoms with Gasteiger partial charge in [0.25, 0.3) is 0 Å². The van der Waals surface area contributed by atoms with Crippen molar-refractivity contribution in [3.05, 3.63) is 103 Å². The van der Waals surface area contributed by atoms with Crippen LogP contribution in [0.25, 0.3) is 10.8 Å². The second-order valence-electron chi connectivity index (χ2n) is 10.8. The normalized spacial score (nSPS) is 20.1. The number of hydrogen-bond donors (Lipinski definition) is 1. The van der Waals surface area contributed by atoms with E-state index in [1.54, 1.807) is 23.4 Å². The molecule has 5 aromatic rings. The standard InChI is InChI=1S/C33H33N7O4/c41-24-35-26-5-7-27(8-6-26)38-17-19-39(20-18-38)28-9-11-29(12-10-28)42-21-30-22-43-33(44-30,23-40-36-15-16-37-40)32-31-4-2-1-3-25(31)13-14-34-32/h1-16,24,30H,17-23H2,(H,35,41). The van der Waals surface area contributed by atoms with Gasteiger partial charge in [0, 0.05) is 54.8 Å². The van der Waals surface area contributed by atoms with Crippen molar-refractivity contribution < 1.29 is 19.0 Å². The van der Waals surface area contributed by atoms with Gasteiger partial charge in [-0.05, 0) is 60.0 Å². The van der Waals surface area contributed by atoms with E-state index in [0.29, 0.717) is 25.3 Å². The Morgan fingerprint density at radius 2 is 1.55 bits per heavy atom. The number of nitrogens with zero attached hydrogens (tertiary/aromatic N) is 6. The fourth-order valence-electron chi connectivity index (χ4n) is 5.87. The smallest absolute Gasteiger partial charge is 0.235 e. The maximum atomic E-state index is 10.7. The molecule has 2 aliphatic heterocycles. The van der Waals surface area contributed by atoms with Gasteiger partial charge in [-0.25, -0.2) is 0 Å². The van der Waals surface area contributed by atoms with Crippen LogP contribution in [0.3, 0.4) is 0 Å². The molecule has 224 valence electrons. The van der Waals surface area contributed by atoms with Crippen LogP contribution in [0.4, 0.5) is 17.1 Å². The maximum Gasteiger partial charge on any atom is 0.235 e. The minimum atomic E-state index is -1.14. The van der Waals surface area contributed by atoms with Gasteiger partial charge in [-0.15, -0.1) is 0 Å². The third kappa shape index (κ3) is 5.79. The first-order valence-corrected chi connectivity index (χ1v) is 14.7. The third-order valence-corrected chi connectivity index (χ3v) is 8.09. The summed E-state index contributed by atoms with van der Waals surface area (Å²) in [6, 6.07) is 26.2. The van der Waals surface area contributed by atoms with Crippen molar-refractivity contribution in [1.82, 2.24) is 20.0 Å². The highest BCUT2D eigenvalue weighted by molar-refractivity contribution is 5.84. The van der Waals surface area contributed by atoms with Gasteiger partial charge < -0.3 is 29.3 Å². The Balaban J connectivity index is 0.972. The summed E-state index contributed by atoms with van der Waals surface area (Å²) in [5.74, 6) is -0.372. The molecule has 0 saturated carbocycles. The average Bonchev–Trinajstić information content (AvgIpc) is 3.75. The Labute approximate surface area is 255 Å². The first kappa shape index (κ1) is 27.8. The van der Waals surface area contributed by atoms with Gasteiger partial charge in [0.05, 0.1) is 19.0 Å². The number of ether oxygens (including phenoxy) is 3. The Bertz CT molecular complexity index is 1680. The molecule has 0 aliphatic carbocycles. The van der Waals surface area contributed by atoms with Crippen molar-refractivity contribution >= 4 is 34.2 Å². The Hall–Kier alpha value is -5.00. The number of aromatic nitrogens is 4. The summed E-state index contributed by atoms with van der Waals surface area (Å²) in [6.45, 7) is 4.61. The first-order valence-electron chi connectivity index (χ1n) is 14.7. The molecular weight excluding hydrogens is 558 g/mol. The number of pyridine rings is 1. The van der Waals surface area contributed by atoms with Gasteiger partial charge in [-0.3, -0.25) is 9.78 Å². The summed E-state index contributed by atoms with van der Waals surface area (Å²) < 4.78 is 19.1. The van der Waals surface area contributed by atoms with Crippen molar-refractivity contribution in [2.75, 3.05) is 54.5 Å². The van der Waals surface area contributed by atoms with Gasteiger partial charge in [-0.1, -0.05) is 24.3 Å². The Kier molecular flexibility index (Phi) is 7.78. The topological polar surface area (TPSA) is 107 Å². The zero-order valence-corrected chi connectivity index (χ0v) is 24.2. The summed E-state index contributed by atoms with van der Waals surface area (Å²) in [5.41, 5.74) is 3.82. The van der Waals surface area contributed by atoms with Crippen LogP contribution < -0.4 is 19.9 Å². The fourth-order valence-corrected chi connectivity index (χ4v) is 5.87. The van der Waals surface area contributed by atoms with Crippen LogP contribution in [0.1, 0.15) is 5.69 Å². The summed E-state index contributed by atoms with van der Waals surface area (Å²) in [5, 5.41) is 13.3. The van der Waals surface area contributed by atoms with Gasteiger partial charge in [0.2, 0.25) is 12.2 Å². The number of carbonyl (C=O) groups is 1. The zero-order chi connectivity index (χ0) is 29.8. The van der Waals surface area contributed by atoms with E-state index >= 15 is 0 Å². The van der Waals surface area contributed by atoms with Crippen LogP contribution in [0, 0.1) is 0 Å². The highest BCUT2D eigenvalue weighted by atomic mass is 16.8. The first-order chi connectivity index (χ1) is 21.7. The summed E-state index contributed by atoms with van der Waals surface area (Å²) in [6.07, 6.45) is 5.44. The van der Waals surface area contributed by atoms with Gasteiger partial charge in [0.15, 0.2) is 0 Å². The number of rotatable bonds is 10. The molecule has 44 heavy (non-hydrogen) atoms. The van der Waals surface area contributed by atoms with Crippen molar-refractivity contribution in [2.24, 2.45) is 0 Å². The van der Waals surface area contributed by atoms with Crippen LogP contribution in [0.15, 0.2) is 97.5 Å². The summed E-state index contributed by atoms with van der Waals surface area (Å²) >= 11 is 0. The van der Waals surface area contributed by atoms with Crippen molar-refractivity contribution in [3.8, 4) is 5.75 Å². The number of nitrogens with one attached hydrogen (secondary N) is 1. The van der Waals surface area contributed by atoms with Gasteiger partial charge >= 0.3 is 0 Å². The van der Waals surface area contributed by atoms with E-state index in [1.807, 2.05) is 66.7 Å². The Morgan fingerprint density at radius 3 is 2.25 bits per heavy atom.